The van der Waals surface area contributed by atoms with E-state index in [1.54, 1.807) is 6.07 Å². The second-order valence-electron chi connectivity index (χ2n) is 6.81. The van der Waals surface area contributed by atoms with Gasteiger partial charge in [0.2, 0.25) is 5.91 Å². The second-order valence-corrected chi connectivity index (χ2v) is 6.81. The third kappa shape index (κ3) is 9.38. The summed E-state index contributed by atoms with van der Waals surface area (Å²) < 4.78 is 0. The van der Waals surface area contributed by atoms with Crippen molar-refractivity contribution in [3.63, 3.8) is 0 Å². The van der Waals surface area contributed by atoms with Crippen molar-refractivity contribution in [3.8, 4) is 0 Å². The Hall–Kier alpha value is -2.15. The number of nitrogens with zero attached hydrogens (tertiary/aromatic N) is 2. The Kier molecular flexibility index (Phi) is 10.4. The summed E-state index contributed by atoms with van der Waals surface area (Å²) >= 11 is 0. The molecule has 0 fully saturated rings. The summed E-state index contributed by atoms with van der Waals surface area (Å²) in [6.45, 7) is 9.51. The SMILES string of the molecule is CCCC(O)(CCC)CN=C(NCC)NCCC(=O)Nc1cccc(C)n1. The van der Waals surface area contributed by atoms with Crippen molar-refractivity contribution in [3.05, 3.63) is 23.9 Å². The number of aliphatic hydroxyl groups is 1. The highest BCUT2D eigenvalue weighted by Crippen LogP contribution is 2.19. The molecule has 1 aromatic rings. The Morgan fingerprint density at radius 3 is 2.48 bits per heavy atom. The molecule has 0 bridgehead atoms. The van der Waals surface area contributed by atoms with Crippen LogP contribution in [0.4, 0.5) is 5.82 Å². The van der Waals surface area contributed by atoms with Crippen LogP contribution in [-0.2, 0) is 4.79 Å². The summed E-state index contributed by atoms with van der Waals surface area (Å²) in [5.74, 6) is 1.07. The minimum atomic E-state index is -0.764. The van der Waals surface area contributed by atoms with Gasteiger partial charge in [-0.25, -0.2) is 4.98 Å². The third-order valence-electron chi connectivity index (χ3n) is 4.11. The summed E-state index contributed by atoms with van der Waals surface area (Å²) in [7, 11) is 0. The molecule has 7 heteroatoms. The van der Waals surface area contributed by atoms with E-state index < -0.39 is 5.60 Å². The zero-order valence-corrected chi connectivity index (χ0v) is 17.1. The van der Waals surface area contributed by atoms with Gasteiger partial charge in [-0.1, -0.05) is 32.8 Å². The van der Waals surface area contributed by atoms with Crippen LogP contribution >= 0.6 is 0 Å². The van der Waals surface area contributed by atoms with Crippen molar-refractivity contribution in [2.45, 2.75) is 65.4 Å². The Morgan fingerprint density at radius 1 is 1.19 bits per heavy atom. The van der Waals surface area contributed by atoms with Crippen LogP contribution in [0.5, 0.6) is 0 Å². The van der Waals surface area contributed by atoms with Gasteiger partial charge in [0.15, 0.2) is 5.96 Å². The molecule has 0 atom stereocenters. The van der Waals surface area contributed by atoms with Gasteiger partial charge >= 0.3 is 0 Å². The summed E-state index contributed by atoms with van der Waals surface area (Å²) in [6.07, 6.45) is 3.60. The van der Waals surface area contributed by atoms with Gasteiger partial charge in [0.25, 0.3) is 0 Å². The number of hydrogen-bond acceptors (Lipinski definition) is 4. The van der Waals surface area contributed by atoms with Gasteiger partial charge in [-0.2, -0.15) is 0 Å². The predicted molar refractivity (Wildman–Crippen MR) is 111 cm³/mol. The van der Waals surface area contributed by atoms with E-state index in [9.17, 15) is 9.90 Å². The maximum atomic E-state index is 12.1. The van der Waals surface area contributed by atoms with E-state index >= 15 is 0 Å². The van der Waals surface area contributed by atoms with Crippen LogP contribution in [0, 0.1) is 6.92 Å². The number of pyridine rings is 1. The number of rotatable bonds is 11. The fraction of sp³-hybridized carbons (Fsp3) is 0.650. The van der Waals surface area contributed by atoms with Crippen molar-refractivity contribution < 1.29 is 9.90 Å². The highest BCUT2D eigenvalue weighted by atomic mass is 16.3. The van der Waals surface area contributed by atoms with Crippen LogP contribution < -0.4 is 16.0 Å². The van der Waals surface area contributed by atoms with Crippen LogP contribution in [0.25, 0.3) is 0 Å². The minimum absolute atomic E-state index is 0.107. The van der Waals surface area contributed by atoms with E-state index in [4.69, 9.17) is 0 Å². The second kappa shape index (κ2) is 12.3. The van der Waals surface area contributed by atoms with Crippen LogP contribution in [0.2, 0.25) is 0 Å². The van der Waals surface area contributed by atoms with Gasteiger partial charge in [-0.3, -0.25) is 9.79 Å². The largest absolute Gasteiger partial charge is 0.388 e. The van der Waals surface area contributed by atoms with E-state index in [-0.39, 0.29) is 5.91 Å². The van der Waals surface area contributed by atoms with Crippen LogP contribution in [0.15, 0.2) is 23.2 Å². The Labute approximate surface area is 163 Å². The lowest BCUT2D eigenvalue weighted by Crippen LogP contribution is -2.41. The first-order valence-corrected chi connectivity index (χ1v) is 9.90. The number of amides is 1. The molecular formula is C20H35N5O2. The lowest BCUT2D eigenvalue weighted by atomic mass is 9.93. The molecule has 0 radical (unpaired) electrons. The fourth-order valence-corrected chi connectivity index (χ4v) is 2.89. The van der Waals surface area contributed by atoms with Crippen LogP contribution in [0.1, 0.15) is 58.6 Å². The van der Waals surface area contributed by atoms with Gasteiger partial charge in [0.1, 0.15) is 5.82 Å². The first-order valence-electron chi connectivity index (χ1n) is 9.90. The molecule has 1 aromatic heterocycles. The van der Waals surface area contributed by atoms with E-state index in [1.165, 1.54) is 0 Å². The predicted octanol–water partition coefficient (Wildman–Crippen LogP) is 2.61. The molecule has 0 saturated carbocycles. The number of nitrogens with one attached hydrogen (secondary N) is 3. The van der Waals surface area contributed by atoms with Gasteiger partial charge in [-0.05, 0) is 38.8 Å². The molecular weight excluding hydrogens is 342 g/mol. The molecule has 0 saturated heterocycles. The van der Waals surface area contributed by atoms with Crippen molar-refractivity contribution in [2.24, 2.45) is 4.99 Å². The lowest BCUT2D eigenvalue weighted by molar-refractivity contribution is -0.116. The normalized spacial score (nSPS) is 12.0. The van der Waals surface area contributed by atoms with Gasteiger partial charge in [0.05, 0.1) is 12.1 Å². The van der Waals surface area contributed by atoms with E-state index in [2.05, 4.69) is 39.8 Å². The minimum Gasteiger partial charge on any atom is -0.388 e. The number of guanidine groups is 1. The Balaban J connectivity index is 2.52. The lowest BCUT2D eigenvalue weighted by Gasteiger charge is -2.26. The Bertz CT molecular complexity index is 598. The molecule has 0 aromatic carbocycles. The van der Waals surface area contributed by atoms with Crippen molar-refractivity contribution in [1.82, 2.24) is 15.6 Å². The van der Waals surface area contributed by atoms with Gasteiger partial charge in [0, 0.05) is 25.2 Å². The smallest absolute Gasteiger partial charge is 0.227 e. The molecule has 27 heavy (non-hydrogen) atoms. The van der Waals surface area contributed by atoms with Gasteiger partial charge in [-0.15, -0.1) is 0 Å². The summed E-state index contributed by atoms with van der Waals surface area (Å²) in [5, 5.41) is 19.8. The summed E-state index contributed by atoms with van der Waals surface area (Å²) in [6, 6.07) is 5.51. The summed E-state index contributed by atoms with van der Waals surface area (Å²) in [5.41, 5.74) is 0.0965. The molecule has 0 unspecified atom stereocenters. The number of anilines is 1. The van der Waals surface area contributed by atoms with Crippen LogP contribution in [0.3, 0.4) is 0 Å². The number of aliphatic imine (C=N–C) groups is 1. The zero-order chi connectivity index (χ0) is 20.1. The number of carbonyl (C=O) groups excluding carboxylic acids is 1. The topological polar surface area (TPSA) is 98.6 Å². The Morgan fingerprint density at radius 2 is 1.89 bits per heavy atom. The quantitative estimate of drug-likeness (QED) is 0.351. The maximum absolute atomic E-state index is 12.1. The fourth-order valence-electron chi connectivity index (χ4n) is 2.89. The molecule has 0 aliphatic carbocycles. The van der Waals surface area contributed by atoms with E-state index in [0.717, 1.165) is 31.4 Å². The standard InChI is InChI=1S/C20H35N5O2/c1-5-12-20(27,13-6-2)15-23-19(21-7-3)22-14-11-18(26)25-17-10-8-9-16(4)24-17/h8-10,27H,5-7,11-15H2,1-4H3,(H2,21,22,23)(H,24,25,26). The molecule has 0 aliphatic rings. The molecule has 1 heterocycles. The molecule has 4 N–H and O–H groups in total. The molecule has 0 spiro atoms. The molecule has 0 aliphatic heterocycles. The van der Waals surface area contributed by atoms with E-state index in [1.807, 2.05) is 26.0 Å². The average Bonchev–Trinajstić information content (AvgIpc) is 2.60. The monoisotopic (exact) mass is 377 g/mol. The van der Waals surface area contributed by atoms with Crippen LogP contribution in [-0.4, -0.2) is 47.2 Å². The first kappa shape index (κ1) is 22.9. The van der Waals surface area contributed by atoms with Gasteiger partial charge < -0.3 is 21.1 Å². The third-order valence-corrected chi connectivity index (χ3v) is 4.11. The highest BCUT2D eigenvalue weighted by molar-refractivity contribution is 5.90. The number of aromatic nitrogens is 1. The first-order chi connectivity index (χ1) is 12.9. The average molecular weight is 378 g/mol. The van der Waals surface area contributed by atoms with Crippen molar-refractivity contribution >= 4 is 17.7 Å². The molecule has 7 nitrogen and oxygen atoms in total. The highest BCUT2D eigenvalue weighted by Gasteiger charge is 2.24. The number of carbonyl (C=O) groups is 1. The van der Waals surface area contributed by atoms with Crippen molar-refractivity contribution in [1.29, 1.82) is 0 Å². The number of aryl methyl sites for hydroxylation is 1. The molecule has 152 valence electrons. The molecule has 1 amide bonds. The molecule has 1 rings (SSSR count). The van der Waals surface area contributed by atoms with Crippen molar-refractivity contribution in [2.75, 3.05) is 25.0 Å². The number of hydrogen-bond donors (Lipinski definition) is 4. The zero-order valence-electron chi connectivity index (χ0n) is 17.1. The van der Waals surface area contributed by atoms with E-state index in [0.29, 0.717) is 37.8 Å². The summed E-state index contributed by atoms with van der Waals surface area (Å²) in [4.78, 5) is 20.8. The maximum Gasteiger partial charge on any atom is 0.227 e.